The van der Waals surface area contributed by atoms with Crippen LogP contribution < -0.4 is 15.5 Å². The molecule has 1 aliphatic heterocycles. The molecule has 1 fully saturated rings. The third-order valence-electron chi connectivity index (χ3n) is 5.37. The van der Waals surface area contributed by atoms with E-state index >= 15 is 0 Å². The van der Waals surface area contributed by atoms with Crippen molar-refractivity contribution in [3.05, 3.63) is 29.8 Å². The van der Waals surface area contributed by atoms with Crippen molar-refractivity contribution < 1.29 is 4.74 Å². The first-order chi connectivity index (χ1) is 14.2. The molecular formula is C23H42IN5O. The van der Waals surface area contributed by atoms with Gasteiger partial charge in [0.05, 0.1) is 0 Å². The number of hydrogen-bond donors (Lipinski definition) is 2. The Morgan fingerprint density at radius 2 is 1.73 bits per heavy atom. The number of ether oxygens (including phenoxy) is 1. The molecule has 0 atom stereocenters. The second-order valence-corrected chi connectivity index (χ2v) is 7.70. The molecule has 0 aliphatic carbocycles. The summed E-state index contributed by atoms with van der Waals surface area (Å²) in [6.07, 6.45) is 4.59. The van der Waals surface area contributed by atoms with E-state index in [0.29, 0.717) is 0 Å². The fourth-order valence-electron chi connectivity index (χ4n) is 3.62. The number of rotatable bonds is 12. The zero-order valence-corrected chi connectivity index (χ0v) is 21.5. The summed E-state index contributed by atoms with van der Waals surface area (Å²) in [5.41, 5.74) is 2.71. The molecule has 1 aromatic carbocycles. The van der Waals surface area contributed by atoms with Gasteiger partial charge in [-0.2, -0.15) is 0 Å². The molecule has 0 bridgehead atoms. The van der Waals surface area contributed by atoms with Crippen molar-refractivity contribution in [1.82, 2.24) is 15.5 Å². The van der Waals surface area contributed by atoms with Gasteiger partial charge in [0, 0.05) is 65.2 Å². The number of anilines is 1. The number of benzene rings is 1. The Labute approximate surface area is 200 Å². The van der Waals surface area contributed by atoms with Crippen LogP contribution in [0.1, 0.15) is 38.2 Å². The summed E-state index contributed by atoms with van der Waals surface area (Å²) < 4.78 is 5.36. The summed E-state index contributed by atoms with van der Waals surface area (Å²) in [6, 6.07) is 8.85. The van der Waals surface area contributed by atoms with Crippen molar-refractivity contribution >= 4 is 35.6 Å². The van der Waals surface area contributed by atoms with E-state index in [2.05, 4.69) is 56.6 Å². The first kappa shape index (κ1) is 27.0. The number of nitrogens with one attached hydrogen (secondary N) is 2. The van der Waals surface area contributed by atoms with Gasteiger partial charge in [-0.05, 0) is 63.8 Å². The molecule has 1 saturated heterocycles. The minimum absolute atomic E-state index is 0. The Bertz CT molecular complexity index is 591. The van der Waals surface area contributed by atoms with Crippen LogP contribution in [0.2, 0.25) is 0 Å². The second-order valence-electron chi connectivity index (χ2n) is 7.70. The van der Waals surface area contributed by atoms with Gasteiger partial charge < -0.3 is 20.3 Å². The lowest BCUT2D eigenvalue weighted by molar-refractivity contribution is 0.143. The quantitative estimate of drug-likeness (QED) is 0.187. The number of unbranched alkanes of at least 4 members (excludes halogenated alkanes) is 2. The normalized spacial score (nSPS) is 15.0. The summed E-state index contributed by atoms with van der Waals surface area (Å²) >= 11 is 0. The molecule has 1 aromatic rings. The van der Waals surface area contributed by atoms with Gasteiger partial charge in [0.2, 0.25) is 0 Å². The zero-order chi connectivity index (χ0) is 20.7. The molecule has 2 rings (SSSR count). The maximum Gasteiger partial charge on any atom is 0.190 e. The smallest absolute Gasteiger partial charge is 0.190 e. The molecule has 1 aliphatic rings. The molecule has 0 amide bonds. The summed E-state index contributed by atoms with van der Waals surface area (Å²) in [5, 5.41) is 6.80. The number of guanidine groups is 1. The van der Waals surface area contributed by atoms with Gasteiger partial charge >= 0.3 is 0 Å². The van der Waals surface area contributed by atoms with E-state index in [1.807, 2.05) is 14.0 Å². The molecule has 0 spiro atoms. The van der Waals surface area contributed by atoms with E-state index < -0.39 is 0 Å². The average Bonchev–Trinajstić information content (AvgIpc) is 2.75. The van der Waals surface area contributed by atoms with Crippen molar-refractivity contribution in [2.45, 2.75) is 39.5 Å². The molecule has 0 radical (unpaired) electrons. The molecule has 172 valence electrons. The predicted molar refractivity (Wildman–Crippen MR) is 140 cm³/mol. The van der Waals surface area contributed by atoms with Crippen LogP contribution in [-0.2, 0) is 4.74 Å². The largest absolute Gasteiger partial charge is 0.382 e. The highest BCUT2D eigenvalue weighted by atomic mass is 127. The Balaban J connectivity index is 0.00000450. The molecule has 1 heterocycles. The maximum absolute atomic E-state index is 5.36. The number of aryl methyl sites for hydroxylation is 1. The van der Waals surface area contributed by atoms with Crippen LogP contribution >= 0.6 is 24.0 Å². The lowest BCUT2D eigenvalue weighted by Crippen LogP contribution is -2.46. The molecular weight excluding hydrogens is 489 g/mol. The Hall–Kier alpha value is -1.06. The zero-order valence-electron chi connectivity index (χ0n) is 19.2. The van der Waals surface area contributed by atoms with Gasteiger partial charge in [-0.15, -0.1) is 24.0 Å². The fourth-order valence-corrected chi connectivity index (χ4v) is 3.62. The number of piperazine rings is 1. The molecule has 6 nitrogen and oxygen atoms in total. The Morgan fingerprint density at radius 3 is 2.37 bits per heavy atom. The van der Waals surface area contributed by atoms with E-state index in [1.165, 1.54) is 30.6 Å². The van der Waals surface area contributed by atoms with E-state index in [-0.39, 0.29) is 24.0 Å². The minimum Gasteiger partial charge on any atom is -0.382 e. The topological polar surface area (TPSA) is 52.1 Å². The van der Waals surface area contributed by atoms with Crippen LogP contribution in [0.4, 0.5) is 5.69 Å². The summed E-state index contributed by atoms with van der Waals surface area (Å²) in [7, 11) is 1.84. The van der Waals surface area contributed by atoms with Crippen LogP contribution in [0, 0.1) is 6.92 Å². The number of hydrogen-bond acceptors (Lipinski definition) is 4. The monoisotopic (exact) mass is 531 g/mol. The Kier molecular flexibility index (Phi) is 14.9. The third kappa shape index (κ3) is 10.8. The van der Waals surface area contributed by atoms with E-state index in [4.69, 9.17) is 4.74 Å². The second kappa shape index (κ2) is 16.6. The molecule has 7 heteroatoms. The SMILES string of the molecule is CCOCCCCNC(=NC)NCCCCN1CCN(c2cccc(C)c2)CC1.I. The van der Waals surface area contributed by atoms with Gasteiger partial charge in [0.25, 0.3) is 0 Å². The van der Waals surface area contributed by atoms with Crippen LogP contribution in [-0.4, -0.2) is 76.9 Å². The van der Waals surface area contributed by atoms with Crippen molar-refractivity contribution in [1.29, 1.82) is 0 Å². The van der Waals surface area contributed by atoms with Gasteiger partial charge in [-0.25, -0.2) is 0 Å². The highest BCUT2D eigenvalue weighted by Gasteiger charge is 2.16. The molecule has 2 N–H and O–H groups in total. The molecule has 0 unspecified atom stereocenters. The standard InChI is InChI=1S/C23H41N5O.HI/c1-4-29-19-8-6-13-26-23(24-3)25-12-5-7-14-27-15-17-28(18-16-27)22-11-9-10-21(2)20-22;/h9-11,20H,4-8,12-19H2,1-3H3,(H2,24,25,26);1H. The van der Waals surface area contributed by atoms with Crippen molar-refractivity contribution in [3.63, 3.8) is 0 Å². The number of nitrogens with zero attached hydrogens (tertiary/aromatic N) is 3. The van der Waals surface area contributed by atoms with Crippen LogP contribution in [0.15, 0.2) is 29.3 Å². The van der Waals surface area contributed by atoms with E-state index in [1.54, 1.807) is 0 Å². The Morgan fingerprint density at radius 1 is 1.03 bits per heavy atom. The van der Waals surface area contributed by atoms with Gasteiger partial charge in [0.1, 0.15) is 0 Å². The lowest BCUT2D eigenvalue weighted by atomic mass is 10.2. The molecule has 0 saturated carbocycles. The predicted octanol–water partition coefficient (Wildman–Crippen LogP) is 3.50. The summed E-state index contributed by atoms with van der Waals surface area (Å²) in [4.78, 5) is 9.40. The lowest BCUT2D eigenvalue weighted by Gasteiger charge is -2.36. The van der Waals surface area contributed by atoms with Crippen LogP contribution in [0.3, 0.4) is 0 Å². The average molecular weight is 532 g/mol. The van der Waals surface area contributed by atoms with Gasteiger partial charge in [0.15, 0.2) is 5.96 Å². The molecule has 0 aromatic heterocycles. The van der Waals surface area contributed by atoms with Gasteiger partial charge in [-0.1, -0.05) is 12.1 Å². The fraction of sp³-hybridized carbons (Fsp3) is 0.696. The van der Waals surface area contributed by atoms with Gasteiger partial charge in [-0.3, -0.25) is 9.89 Å². The third-order valence-corrected chi connectivity index (χ3v) is 5.37. The van der Waals surface area contributed by atoms with E-state index in [9.17, 15) is 0 Å². The van der Waals surface area contributed by atoms with Crippen molar-refractivity contribution in [3.8, 4) is 0 Å². The summed E-state index contributed by atoms with van der Waals surface area (Å²) in [6.45, 7) is 13.5. The minimum atomic E-state index is 0. The maximum atomic E-state index is 5.36. The first-order valence-electron chi connectivity index (χ1n) is 11.3. The molecule has 30 heavy (non-hydrogen) atoms. The first-order valence-corrected chi connectivity index (χ1v) is 11.3. The summed E-state index contributed by atoms with van der Waals surface area (Å²) in [5.74, 6) is 0.910. The highest BCUT2D eigenvalue weighted by Crippen LogP contribution is 2.17. The van der Waals surface area contributed by atoms with Crippen LogP contribution in [0.5, 0.6) is 0 Å². The van der Waals surface area contributed by atoms with Crippen LogP contribution in [0.25, 0.3) is 0 Å². The highest BCUT2D eigenvalue weighted by molar-refractivity contribution is 14.0. The van der Waals surface area contributed by atoms with Crippen molar-refractivity contribution in [2.24, 2.45) is 4.99 Å². The number of aliphatic imine (C=N–C) groups is 1. The van der Waals surface area contributed by atoms with E-state index in [0.717, 1.165) is 71.3 Å². The van der Waals surface area contributed by atoms with Crippen molar-refractivity contribution in [2.75, 3.05) is 71.0 Å². The number of halogens is 1.